The van der Waals surface area contributed by atoms with Gasteiger partial charge in [0.05, 0.1) is 45.2 Å². The van der Waals surface area contributed by atoms with Gasteiger partial charge in [-0.25, -0.2) is 4.18 Å². The van der Waals surface area contributed by atoms with E-state index in [2.05, 4.69) is 20.1 Å². The van der Waals surface area contributed by atoms with E-state index in [1.807, 2.05) is 0 Å². The lowest BCUT2D eigenvalue weighted by atomic mass is 9.95. The molecule has 4 fully saturated rings. The van der Waals surface area contributed by atoms with E-state index in [1.54, 1.807) is 0 Å². The van der Waals surface area contributed by atoms with Gasteiger partial charge in [0.1, 0.15) is 110 Å². The second kappa shape index (κ2) is 25.2. The third-order valence-electron chi connectivity index (χ3n) is 11.3. The number of aliphatic hydroxyl groups excluding tert-OH is 13. The summed E-state index contributed by atoms with van der Waals surface area (Å²) in [7, 11) is -5.32. The van der Waals surface area contributed by atoms with Crippen molar-refractivity contribution < 1.29 is 136 Å². The summed E-state index contributed by atoms with van der Waals surface area (Å²) in [5.41, 5.74) is 0. The van der Waals surface area contributed by atoms with Crippen LogP contribution >= 0.6 is 0 Å². The molecular weight excluding hydrogens is 954 g/mol. The first kappa shape index (κ1) is 58.0. The number of ether oxygens (including phenoxy) is 8. The first-order chi connectivity index (χ1) is 31.7. The Kier molecular flexibility index (Phi) is 21.5. The molecule has 24 atom stereocenters. The minimum absolute atomic E-state index is 0.778. The maximum Gasteiger partial charge on any atom is 0.397 e. The zero-order chi connectivity index (χ0) is 51.1. The third-order valence-corrected chi connectivity index (χ3v) is 11.8. The molecule has 3 amide bonds. The van der Waals surface area contributed by atoms with E-state index >= 15 is 0 Å². The fourth-order valence-electron chi connectivity index (χ4n) is 7.81. The zero-order valence-electron chi connectivity index (χ0n) is 36.8. The number of aliphatic hydroxyl groups is 13. The Morgan fingerprint density at radius 1 is 0.618 bits per heavy atom. The molecule has 17 N–H and O–H groups in total. The van der Waals surface area contributed by atoms with Gasteiger partial charge in [0.15, 0.2) is 25.2 Å². The lowest BCUT2D eigenvalue weighted by Crippen LogP contribution is -2.68. The van der Waals surface area contributed by atoms with Crippen molar-refractivity contribution >= 4 is 28.1 Å². The highest BCUT2D eigenvalue weighted by molar-refractivity contribution is 7.80. The minimum atomic E-state index is -5.32. The van der Waals surface area contributed by atoms with Crippen LogP contribution in [0.25, 0.3) is 0 Å². The van der Waals surface area contributed by atoms with Crippen LogP contribution < -0.4 is 16.0 Å². The van der Waals surface area contributed by atoms with Crippen molar-refractivity contribution in [3.05, 3.63) is 0 Å². The topological polar surface area (TPSA) is 488 Å². The molecule has 0 bridgehead atoms. The lowest BCUT2D eigenvalue weighted by Gasteiger charge is -2.49. The summed E-state index contributed by atoms with van der Waals surface area (Å²) in [5, 5.41) is 146. The van der Waals surface area contributed by atoms with Crippen molar-refractivity contribution in [1.29, 1.82) is 0 Å². The van der Waals surface area contributed by atoms with E-state index in [4.69, 9.17) is 37.9 Å². The molecule has 0 unspecified atom stereocenters. The van der Waals surface area contributed by atoms with Gasteiger partial charge in [-0.05, 0) is 6.92 Å². The van der Waals surface area contributed by atoms with Crippen molar-refractivity contribution in [2.75, 3.05) is 33.0 Å². The van der Waals surface area contributed by atoms with Gasteiger partial charge in [-0.2, -0.15) is 8.42 Å². The molecule has 0 aromatic heterocycles. The lowest BCUT2D eigenvalue weighted by molar-refractivity contribution is -0.383. The van der Waals surface area contributed by atoms with Crippen LogP contribution in [-0.2, 0) is 66.9 Å². The van der Waals surface area contributed by atoms with E-state index < -0.39 is 208 Å². The molecule has 0 radical (unpaired) electrons. The van der Waals surface area contributed by atoms with Gasteiger partial charge in [-0.1, -0.05) is 0 Å². The fourth-order valence-corrected chi connectivity index (χ4v) is 8.12. The maximum atomic E-state index is 12.5. The molecule has 32 heteroatoms. The van der Waals surface area contributed by atoms with Crippen LogP contribution in [-0.4, -0.2) is 277 Å². The molecule has 0 aliphatic carbocycles. The molecule has 31 nitrogen and oxygen atoms in total. The number of amides is 3. The fraction of sp³-hybridized carbons (Fsp3) is 0.917. The number of hydrogen-bond acceptors (Lipinski definition) is 27. The van der Waals surface area contributed by atoms with Gasteiger partial charge >= 0.3 is 10.4 Å². The van der Waals surface area contributed by atoms with Gasteiger partial charge in [0.25, 0.3) is 0 Å². The summed E-state index contributed by atoms with van der Waals surface area (Å²) in [6.45, 7) is -0.965. The normalized spacial score (nSPS) is 40.9. The number of hydrogen-bond donors (Lipinski definition) is 17. The predicted octanol–water partition coefficient (Wildman–Crippen LogP) is -11.0. The molecule has 4 saturated heterocycles. The Hall–Kier alpha value is -2.56. The Morgan fingerprint density at radius 2 is 1.15 bits per heavy atom. The molecule has 68 heavy (non-hydrogen) atoms. The number of rotatable bonds is 21. The highest BCUT2D eigenvalue weighted by Gasteiger charge is 2.55. The molecule has 4 aliphatic heterocycles. The molecule has 0 spiro atoms. The van der Waals surface area contributed by atoms with E-state index in [0.717, 1.165) is 20.8 Å². The van der Waals surface area contributed by atoms with Gasteiger partial charge in [0.2, 0.25) is 17.7 Å². The molecule has 0 aromatic rings. The molecular formula is C36H63N3O28S. The molecule has 396 valence electrons. The Labute approximate surface area is 387 Å². The summed E-state index contributed by atoms with van der Waals surface area (Å²) in [6.07, 6.45) is -40.0. The van der Waals surface area contributed by atoms with Crippen LogP contribution in [0, 0.1) is 0 Å². The third kappa shape index (κ3) is 14.5. The van der Waals surface area contributed by atoms with E-state index in [-0.39, 0.29) is 0 Å². The highest BCUT2D eigenvalue weighted by atomic mass is 32.3. The summed E-state index contributed by atoms with van der Waals surface area (Å²) in [5.74, 6) is -2.48. The second-order valence-electron chi connectivity index (χ2n) is 16.5. The largest absolute Gasteiger partial charge is 0.397 e. The van der Waals surface area contributed by atoms with Crippen LogP contribution in [0.1, 0.15) is 27.7 Å². The minimum Gasteiger partial charge on any atom is -0.394 e. The summed E-state index contributed by atoms with van der Waals surface area (Å²) < 4.78 is 83.0. The molecule has 0 aromatic carbocycles. The number of carbonyl (C=O) groups is 3. The molecule has 4 heterocycles. The summed E-state index contributed by atoms with van der Waals surface area (Å²) in [4.78, 5) is 36.7. The Morgan fingerprint density at radius 3 is 1.68 bits per heavy atom. The van der Waals surface area contributed by atoms with Crippen LogP contribution in [0.3, 0.4) is 0 Å². The van der Waals surface area contributed by atoms with Gasteiger partial charge in [0, 0.05) is 20.8 Å². The van der Waals surface area contributed by atoms with Gasteiger partial charge in [-0.15, -0.1) is 0 Å². The molecule has 0 saturated carbocycles. The van der Waals surface area contributed by atoms with Gasteiger partial charge < -0.3 is 120 Å². The predicted molar refractivity (Wildman–Crippen MR) is 213 cm³/mol. The Bertz CT molecular complexity index is 1740. The first-order valence-corrected chi connectivity index (χ1v) is 22.4. The van der Waals surface area contributed by atoms with Crippen molar-refractivity contribution in [1.82, 2.24) is 16.0 Å². The average molecular weight is 1020 g/mol. The van der Waals surface area contributed by atoms with E-state index in [9.17, 15) is 93.7 Å². The standard InChI is InChI=1S/C36H63N3O28S/c1-10-21(47)27(53)29(55)35(61-10)67-32-28(54)24(50)17(7-42)63-36(32)66-31-18(9-60-68(56,57)58)64-33(20(26(31)52)39-13(4)45)59-8-15(46)22(48)30(14(5-40)37-11(2)43)65-34-19(38-12(3)44)25(51)23(49)16(6-41)62-34/h10,14-36,40-42,46-55H,5-9H2,1-4H3,(H,37,43)(H,38,44)(H,39,45)(H,56,57,58)/t10-,14-,15+,16+,17+,18+,19+,20+,21+,22-,23+,24-,25+,26+,27+,28-,29-,30+,31+,32+,33+,34-,35-,36-/m0/s1. The quantitative estimate of drug-likeness (QED) is 0.0475. The van der Waals surface area contributed by atoms with Crippen molar-refractivity contribution in [2.45, 2.75) is 175 Å². The van der Waals surface area contributed by atoms with E-state index in [1.165, 1.54) is 6.92 Å². The van der Waals surface area contributed by atoms with Gasteiger partial charge in [-0.3, -0.25) is 18.9 Å². The SMILES string of the molecule is CC(=O)N[C@H]1[C@H](OC[C@@H](O)[C@H](O)[C@H](O[C@@H]2O[C@H](CO)[C@@H](O)[C@H](O)[C@H]2NC(C)=O)[C@H](CO)NC(C)=O)O[C@H](COS(=O)(=O)O)[C@@H](O[C@@H]2O[C@H](CO)[C@H](O)[C@H](O)[C@H]2O[C@@H]2O[C@@H](C)[C@@H](O)[C@@H](O)[C@@H]2O)[C@@H]1O. The van der Waals surface area contributed by atoms with Crippen molar-refractivity contribution in [2.24, 2.45) is 0 Å². The average Bonchev–Trinajstić information content (AvgIpc) is 3.27. The molecule has 4 rings (SSSR count). The van der Waals surface area contributed by atoms with Crippen LogP contribution in [0.5, 0.6) is 0 Å². The monoisotopic (exact) mass is 1020 g/mol. The Balaban J connectivity index is 1.65. The summed E-state index contributed by atoms with van der Waals surface area (Å²) in [6, 6.07) is -5.08. The highest BCUT2D eigenvalue weighted by Crippen LogP contribution is 2.34. The van der Waals surface area contributed by atoms with Crippen molar-refractivity contribution in [3.8, 4) is 0 Å². The zero-order valence-corrected chi connectivity index (χ0v) is 37.6. The number of nitrogens with one attached hydrogen (secondary N) is 3. The van der Waals surface area contributed by atoms with Crippen LogP contribution in [0.15, 0.2) is 0 Å². The van der Waals surface area contributed by atoms with E-state index in [0.29, 0.717) is 0 Å². The first-order valence-electron chi connectivity index (χ1n) is 21.0. The van der Waals surface area contributed by atoms with Crippen molar-refractivity contribution in [3.63, 3.8) is 0 Å². The maximum absolute atomic E-state index is 12.5. The van der Waals surface area contributed by atoms with Crippen LogP contribution in [0.2, 0.25) is 0 Å². The van der Waals surface area contributed by atoms with Crippen LogP contribution in [0.4, 0.5) is 0 Å². The number of carbonyl (C=O) groups excluding carboxylic acids is 3. The smallest absolute Gasteiger partial charge is 0.394 e. The molecule has 4 aliphatic rings. The second-order valence-corrected chi connectivity index (χ2v) is 17.6. The summed E-state index contributed by atoms with van der Waals surface area (Å²) >= 11 is 0.